The molecule has 3 heterocycles. The topological polar surface area (TPSA) is 94.0 Å². The van der Waals surface area contributed by atoms with E-state index in [1.54, 1.807) is 12.1 Å². The molecule has 0 bridgehead atoms. The largest absolute Gasteiger partial charge is 0.476 e. The number of fused-ring (bicyclic) bond motifs is 1. The number of nitrogens with zero attached hydrogens (tertiary/aromatic N) is 2. The number of imidazole rings is 1. The molecule has 0 radical (unpaired) electrons. The van der Waals surface area contributed by atoms with Gasteiger partial charge in [-0.25, -0.2) is 14.6 Å². The van der Waals surface area contributed by atoms with Crippen molar-refractivity contribution < 1.29 is 23.8 Å². The Morgan fingerprint density at radius 1 is 1.33 bits per heavy atom. The summed E-state index contributed by atoms with van der Waals surface area (Å²) in [7, 11) is 1.27. The van der Waals surface area contributed by atoms with Gasteiger partial charge in [-0.15, -0.1) is 0 Å². The molecule has 7 heteroatoms. The quantitative estimate of drug-likeness (QED) is 0.741. The minimum Gasteiger partial charge on any atom is -0.476 e. The molecule has 3 rings (SSSR count). The standard InChI is InChI=1S/C14H10N2O5/c1-20-14(19)8-4-5-9-11(13(17)18)15-12(16(9)7-8)10-3-2-6-21-10/h2-7H,1H3,(H,17,18). The molecule has 0 saturated carbocycles. The summed E-state index contributed by atoms with van der Waals surface area (Å²) in [6.07, 6.45) is 2.93. The SMILES string of the molecule is COC(=O)c1ccc2c(C(=O)O)nc(-c3ccco3)n2c1. The lowest BCUT2D eigenvalue weighted by Gasteiger charge is -2.02. The summed E-state index contributed by atoms with van der Waals surface area (Å²) >= 11 is 0. The van der Waals surface area contributed by atoms with Crippen molar-refractivity contribution in [3.63, 3.8) is 0 Å². The molecule has 0 aliphatic rings. The summed E-state index contributed by atoms with van der Waals surface area (Å²) in [4.78, 5) is 26.9. The van der Waals surface area contributed by atoms with E-state index in [-0.39, 0.29) is 11.3 Å². The van der Waals surface area contributed by atoms with Crippen LogP contribution >= 0.6 is 0 Å². The van der Waals surface area contributed by atoms with E-state index in [0.717, 1.165) is 0 Å². The summed E-state index contributed by atoms with van der Waals surface area (Å²) in [5.74, 6) is -0.971. The maximum atomic E-state index is 11.6. The minimum atomic E-state index is -1.16. The first-order chi connectivity index (χ1) is 10.1. The second-order valence-electron chi connectivity index (χ2n) is 4.23. The van der Waals surface area contributed by atoms with Gasteiger partial charge in [0.1, 0.15) is 0 Å². The Morgan fingerprint density at radius 2 is 2.14 bits per heavy atom. The molecule has 3 aromatic rings. The molecule has 1 N–H and O–H groups in total. The fraction of sp³-hybridized carbons (Fsp3) is 0.0714. The summed E-state index contributed by atoms with van der Waals surface area (Å²) in [6, 6.07) is 6.32. The number of furan rings is 1. The van der Waals surface area contributed by atoms with Gasteiger partial charge in [0, 0.05) is 6.20 Å². The number of carboxylic acid groups (broad SMARTS) is 1. The molecule has 0 aliphatic heterocycles. The molecule has 21 heavy (non-hydrogen) atoms. The second-order valence-corrected chi connectivity index (χ2v) is 4.23. The molecule has 0 unspecified atom stereocenters. The van der Waals surface area contributed by atoms with Crippen LogP contribution < -0.4 is 0 Å². The number of aromatic carboxylic acids is 1. The third-order valence-electron chi connectivity index (χ3n) is 3.00. The molecule has 0 amide bonds. The van der Waals surface area contributed by atoms with E-state index in [9.17, 15) is 14.7 Å². The van der Waals surface area contributed by atoms with Crippen molar-refractivity contribution in [2.75, 3.05) is 7.11 Å². The second kappa shape index (κ2) is 4.78. The van der Waals surface area contributed by atoms with E-state index in [4.69, 9.17) is 4.42 Å². The number of methoxy groups -OCH3 is 1. The lowest BCUT2D eigenvalue weighted by Crippen LogP contribution is -2.03. The van der Waals surface area contributed by atoms with Crippen LogP contribution in [-0.2, 0) is 4.74 Å². The molecule has 106 valence electrons. The van der Waals surface area contributed by atoms with E-state index in [0.29, 0.717) is 17.1 Å². The maximum Gasteiger partial charge on any atom is 0.356 e. The first kappa shape index (κ1) is 12.9. The smallest absolute Gasteiger partial charge is 0.356 e. The Balaban J connectivity index is 2.30. The summed E-state index contributed by atoms with van der Waals surface area (Å²) in [6.45, 7) is 0. The van der Waals surface area contributed by atoms with Crippen LogP contribution in [0.3, 0.4) is 0 Å². The van der Waals surface area contributed by atoms with Crippen LogP contribution in [0.1, 0.15) is 20.8 Å². The van der Waals surface area contributed by atoms with Crippen LogP contribution in [0.4, 0.5) is 0 Å². The van der Waals surface area contributed by atoms with Crippen molar-refractivity contribution in [1.29, 1.82) is 0 Å². The zero-order valence-corrected chi connectivity index (χ0v) is 10.9. The molecule has 0 fully saturated rings. The predicted octanol–water partition coefficient (Wildman–Crippen LogP) is 2.08. The Hall–Kier alpha value is -3.09. The van der Waals surface area contributed by atoms with Crippen molar-refractivity contribution >= 4 is 17.5 Å². The van der Waals surface area contributed by atoms with Gasteiger partial charge in [0.2, 0.25) is 0 Å². The molecule has 0 spiro atoms. The summed E-state index contributed by atoms with van der Waals surface area (Å²) in [5, 5.41) is 9.22. The lowest BCUT2D eigenvalue weighted by atomic mass is 10.2. The fourth-order valence-electron chi connectivity index (χ4n) is 2.06. The van der Waals surface area contributed by atoms with Crippen molar-refractivity contribution in [3.8, 4) is 11.6 Å². The number of rotatable bonds is 3. The van der Waals surface area contributed by atoms with E-state index >= 15 is 0 Å². The number of carbonyl (C=O) groups is 2. The Kier molecular flexibility index (Phi) is 2.94. The Bertz CT molecular complexity index is 833. The third-order valence-corrected chi connectivity index (χ3v) is 3.00. The highest BCUT2D eigenvalue weighted by atomic mass is 16.5. The van der Waals surface area contributed by atoms with Gasteiger partial charge in [0.25, 0.3) is 0 Å². The first-order valence-corrected chi connectivity index (χ1v) is 5.99. The average Bonchev–Trinajstić information content (AvgIpc) is 3.12. The number of pyridine rings is 1. The summed E-state index contributed by atoms with van der Waals surface area (Å²) in [5.41, 5.74) is 0.534. The van der Waals surface area contributed by atoms with E-state index in [1.807, 2.05) is 0 Å². The fourth-order valence-corrected chi connectivity index (χ4v) is 2.06. The zero-order valence-electron chi connectivity index (χ0n) is 10.9. The third kappa shape index (κ3) is 2.04. The number of hydrogen-bond acceptors (Lipinski definition) is 5. The normalized spacial score (nSPS) is 10.7. The Labute approximate surface area is 118 Å². The molecule has 0 aliphatic carbocycles. The van der Waals surface area contributed by atoms with Gasteiger partial charge in [0.15, 0.2) is 17.3 Å². The number of carbonyl (C=O) groups excluding carboxylic acids is 1. The van der Waals surface area contributed by atoms with Gasteiger partial charge in [0.05, 0.1) is 24.5 Å². The van der Waals surface area contributed by atoms with E-state index in [2.05, 4.69) is 9.72 Å². The van der Waals surface area contributed by atoms with Crippen LogP contribution in [0.15, 0.2) is 41.1 Å². The highest BCUT2D eigenvalue weighted by Crippen LogP contribution is 2.24. The minimum absolute atomic E-state index is 0.113. The van der Waals surface area contributed by atoms with Crippen LogP contribution in [0, 0.1) is 0 Å². The monoisotopic (exact) mass is 286 g/mol. The van der Waals surface area contributed by atoms with Crippen LogP contribution in [0.2, 0.25) is 0 Å². The van der Waals surface area contributed by atoms with Crippen molar-refractivity contribution in [2.24, 2.45) is 0 Å². The summed E-state index contributed by atoms with van der Waals surface area (Å²) < 4.78 is 11.4. The average molecular weight is 286 g/mol. The zero-order chi connectivity index (χ0) is 15.0. The molecule has 0 saturated heterocycles. The van der Waals surface area contributed by atoms with Gasteiger partial charge >= 0.3 is 11.9 Å². The highest BCUT2D eigenvalue weighted by Gasteiger charge is 2.20. The van der Waals surface area contributed by atoms with Crippen molar-refractivity contribution in [3.05, 3.63) is 48.0 Å². The van der Waals surface area contributed by atoms with Gasteiger partial charge in [-0.3, -0.25) is 4.40 Å². The van der Waals surface area contributed by atoms with Crippen molar-refractivity contribution in [2.45, 2.75) is 0 Å². The van der Waals surface area contributed by atoms with Crippen LogP contribution in [-0.4, -0.2) is 33.5 Å². The lowest BCUT2D eigenvalue weighted by molar-refractivity contribution is 0.0599. The van der Waals surface area contributed by atoms with Crippen LogP contribution in [0.5, 0.6) is 0 Å². The molecule has 3 aromatic heterocycles. The first-order valence-electron chi connectivity index (χ1n) is 5.99. The van der Waals surface area contributed by atoms with Crippen LogP contribution in [0.25, 0.3) is 17.1 Å². The maximum absolute atomic E-state index is 11.6. The molecule has 7 nitrogen and oxygen atoms in total. The Morgan fingerprint density at radius 3 is 2.76 bits per heavy atom. The number of ether oxygens (including phenoxy) is 1. The predicted molar refractivity (Wildman–Crippen MR) is 71.2 cm³/mol. The van der Waals surface area contributed by atoms with Gasteiger partial charge in [-0.2, -0.15) is 0 Å². The molecule has 0 atom stereocenters. The van der Waals surface area contributed by atoms with Gasteiger partial charge in [-0.05, 0) is 24.3 Å². The molecular formula is C14H10N2O5. The van der Waals surface area contributed by atoms with Gasteiger partial charge < -0.3 is 14.3 Å². The molecular weight excluding hydrogens is 276 g/mol. The van der Waals surface area contributed by atoms with Gasteiger partial charge in [-0.1, -0.05) is 0 Å². The highest BCUT2D eigenvalue weighted by molar-refractivity contribution is 5.96. The molecule has 0 aromatic carbocycles. The van der Waals surface area contributed by atoms with E-state index in [1.165, 1.54) is 36.1 Å². The number of hydrogen-bond donors (Lipinski definition) is 1. The van der Waals surface area contributed by atoms with E-state index < -0.39 is 11.9 Å². The number of esters is 1. The number of carboxylic acids is 1. The number of aromatic nitrogens is 2. The van der Waals surface area contributed by atoms with Crippen molar-refractivity contribution in [1.82, 2.24) is 9.38 Å².